The van der Waals surface area contributed by atoms with Gasteiger partial charge < -0.3 is 15.0 Å². The fraction of sp³-hybridized carbons (Fsp3) is 0.333. The average molecular weight is 621 g/mol. The van der Waals surface area contributed by atoms with Gasteiger partial charge in [0.05, 0.1) is 11.9 Å². The van der Waals surface area contributed by atoms with Crippen LogP contribution in [0, 0.1) is 0 Å². The number of para-hydroxylation sites is 1. The summed E-state index contributed by atoms with van der Waals surface area (Å²) in [4.78, 5) is 28.5. The van der Waals surface area contributed by atoms with Gasteiger partial charge in [-0.2, -0.15) is 0 Å². The third-order valence-electron chi connectivity index (χ3n) is 6.53. The molecule has 0 aliphatic rings. The first-order valence-corrected chi connectivity index (χ1v) is 15.9. The van der Waals surface area contributed by atoms with Gasteiger partial charge in [0.2, 0.25) is 21.8 Å². The molecule has 0 saturated heterocycles. The number of carbonyl (C=O) groups excluding carboxylic acids is 2. The normalized spacial score (nSPS) is 12.7. The molecule has 3 aromatic carbocycles. The van der Waals surface area contributed by atoms with Crippen LogP contribution in [0.25, 0.3) is 0 Å². The number of ether oxygens (including phenoxy) is 1. The lowest BCUT2D eigenvalue weighted by atomic mass is 10.1. The van der Waals surface area contributed by atoms with E-state index in [-0.39, 0.29) is 24.2 Å². The number of hydrogen-bond donors (Lipinski definition) is 1. The zero-order valence-corrected chi connectivity index (χ0v) is 25.8. The minimum Gasteiger partial charge on any atom is -0.457 e. The van der Waals surface area contributed by atoms with E-state index in [1.165, 1.54) is 4.90 Å². The summed E-state index contributed by atoms with van der Waals surface area (Å²) in [5.41, 5.74) is 0.857. The Kier molecular flexibility index (Phi) is 11.5. The maximum Gasteiger partial charge on any atom is 0.244 e. The van der Waals surface area contributed by atoms with E-state index in [1.807, 2.05) is 32.0 Å². The number of nitrogens with one attached hydrogen (secondary N) is 1. The second kappa shape index (κ2) is 14.6. The molecule has 41 heavy (non-hydrogen) atoms. The highest BCUT2D eigenvalue weighted by Crippen LogP contribution is 2.27. The Morgan fingerprint density at radius 1 is 0.927 bits per heavy atom. The van der Waals surface area contributed by atoms with Gasteiger partial charge in [0, 0.05) is 22.6 Å². The molecule has 220 valence electrons. The molecule has 0 spiro atoms. The molecule has 1 N–H and O–H groups in total. The number of carbonyl (C=O) groups is 2. The zero-order chi connectivity index (χ0) is 30.2. The number of anilines is 1. The van der Waals surface area contributed by atoms with Gasteiger partial charge in [-0.25, -0.2) is 8.42 Å². The van der Waals surface area contributed by atoms with Crippen LogP contribution in [-0.2, 0) is 26.2 Å². The van der Waals surface area contributed by atoms with Crippen molar-refractivity contribution in [3.05, 3.63) is 88.4 Å². The zero-order valence-electron chi connectivity index (χ0n) is 23.5. The molecule has 0 aromatic heterocycles. The van der Waals surface area contributed by atoms with Gasteiger partial charge in [0.25, 0.3) is 0 Å². The predicted molar refractivity (Wildman–Crippen MR) is 164 cm³/mol. The summed E-state index contributed by atoms with van der Waals surface area (Å²) in [6.07, 6.45) is 2.05. The van der Waals surface area contributed by atoms with E-state index in [9.17, 15) is 18.0 Å². The first kappa shape index (κ1) is 32.2. The molecular formula is C30H35Cl2N3O5S. The van der Waals surface area contributed by atoms with Crippen molar-refractivity contribution < 1.29 is 22.7 Å². The van der Waals surface area contributed by atoms with Crippen LogP contribution < -0.4 is 14.4 Å². The minimum atomic E-state index is -3.88. The van der Waals surface area contributed by atoms with Gasteiger partial charge in [0.1, 0.15) is 24.1 Å². The average Bonchev–Trinajstić information content (AvgIpc) is 2.93. The lowest BCUT2D eigenvalue weighted by Crippen LogP contribution is -2.53. The van der Waals surface area contributed by atoms with Gasteiger partial charge >= 0.3 is 0 Å². The summed E-state index contributed by atoms with van der Waals surface area (Å²) in [5, 5.41) is 3.70. The molecule has 0 aliphatic carbocycles. The van der Waals surface area contributed by atoms with Gasteiger partial charge in [-0.1, -0.05) is 61.3 Å². The van der Waals surface area contributed by atoms with Crippen LogP contribution in [-0.4, -0.2) is 50.0 Å². The smallest absolute Gasteiger partial charge is 0.244 e. The highest BCUT2D eigenvalue weighted by molar-refractivity contribution is 7.92. The Bertz CT molecular complexity index is 1440. The SMILES string of the molecule is CC[C@@H](C)NC(=O)[C@H](CC)N(Cc1ccc(Cl)cc1Cl)C(=O)CN(c1ccc(Oc2ccccc2)cc1)S(C)(=O)=O. The number of halogens is 2. The number of hydrogen-bond acceptors (Lipinski definition) is 5. The molecule has 0 aliphatic heterocycles. The monoisotopic (exact) mass is 619 g/mol. The molecule has 0 saturated carbocycles. The molecule has 0 heterocycles. The number of benzene rings is 3. The molecule has 0 unspecified atom stereocenters. The maximum absolute atomic E-state index is 13.9. The predicted octanol–water partition coefficient (Wildman–Crippen LogP) is 6.27. The maximum atomic E-state index is 13.9. The van der Waals surface area contributed by atoms with Gasteiger partial charge in [-0.15, -0.1) is 0 Å². The van der Waals surface area contributed by atoms with E-state index < -0.39 is 28.5 Å². The molecule has 2 atom stereocenters. The quantitative estimate of drug-likeness (QED) is 0.243. The molecule has 3 rings (SSSR count). The second-order valence-electron chi connectivity index (χ2n) is 9.68. The molecule has 8 nitrogen and oxygen atoms in total. The van der Waals surface area contributed by atoms with Crippen molar-refractivity contribution in [2.45, 2.75) is 52.2 Å². The summed E-state index contributed by atoms with van der Waals surface area (Å²) in [7, 11) is -3.88. The first-order valence-electron chi connectivity index (χ1n) is 13.3. The molecular weight excluding hydrogens is 585 g/mol. The molecule has 0 bridgehead atoms. The van der Waals surface area contributed by atoms with Crippen LogP contribution in [0.15, 0.2) is 72.8 Å². The van der Waals surface area contributed by atoms with Crippen LogP contribution in [0.1, 0.15) is 39.2 Å². The lowest BCUT2D eigenvalue weighted by molar-refractivity contribution is -0.140. The number of amides is 2. The number of rotatable bonds is 13. The summed E-state index contributed by atoms with van der Waals surface area (Å²) in [6.45, 7) is 5.09. The molecule has 0 radical (unpaired) electrons. The Labute approximate surface area is 252 Å². The van der Waals surface area contributed by atoms with Crippen molar-refractivity contribution in [3.8, 4) is 11.5 Å². The summed E-state index contributed by atoms with van der Waals surface area (Å²) >= 11 is 12.5. The number of sulfonamides is 1. The standard InChI is InChI=1S/C30H35Cl2N3O5S/c1-5-21(3)33-30(37)28(6-2)34(19-22-12-13-23(31)18-27(22)32)29(36)20-35(41(4,38)39)24-14-16-26(17-15-24)40-25-10-8-7-9-11-25/h7-18,21,28H,5-6,19-20H2,1-4H3,(H,33,37)/t21-,28+/m1/s1. The summed E-state index contributed by atoms with van der Waals surface area (Å²) in [6, 6.07) is 19.5. The Balaban J connectivity index is 1.92. The van der Waals surface area contributed by atoms with Crippen molar-refractivity contribution in [1.29, 1.82) is 0 Å². The van der Waals surface area contributed by atoms with Crippen LogP contribution >= 0.6 is 23.2 Å². The Morgan fingerprint density at radius 2 is 1.56 bits per heavy atom. The van der Waals surface area contributed by atoms with E-state index in [0.29, 0.717) is 39.9 Å². The Hall–Kier alpha value is -3.27. The molecule has 11 heteroatoms. The second-order valence-corrected chi connectivity index (χ2v) is 12.4. The van der Waals surface area contributed by atoms with E-state index in [0.717, 1.165) is 10.6 Å². The highest BCUT2D eigenvalue weighted by atomic mass is 35.5. The molecule has 0 fully saturated rings. The van der Waals surface area contributed by atoms with Crippen LogP contribution in [0.5, 0.6) is 11.5 Å². The highest BCUT2D eigenvalue weighted by Gasteiger charge is 2.32. The fourth-order valence-electron chi connectivity index (χ4n) is 4.11. The fourth-order valence-corrected chi connectivity index (χ4v) is 5.43. The van der Waals surface area contributed by atoms with Crippen molar-refractivity contribution >= 4 is 50.7 Å². The summed E-state index contributed by atoms with van der Waals surface area (Å²) < 4.78 is 32.6. The third-order valence-corrected chi connectivity index (χ3v) is 8.25. The lowest BCUT2D eigenvalue weighted by Gasteiger charge is -2.33. The number of nitrogens with zero attached hydrogens (tertiary/aromatic N) is 2. The van der Waals surface area contributed by atoms with Gasteiger partial charge in [-0.05, 0) is 73.9 Å². The van der Waals surface area contributed by atoms with E-state index in [4.69, 9.17) is 27.9 Å². The van der Waals surface area contributed by atoms with E-state index in [1.54, 1.807) is 61.5 Å². The van der Waals surface area contributed by atoms with Crippen molar-refractivity contribution in [2.24, 2.45) is 0 Å². The van der Waals surface area contributed by atoms with E-state index in [2.05, 4.69) is 5.32 Å². The topological polar surface area (TPSA) is 96.0 Å². The summed E-state index contributed by atoms with van der Waals surface area (Å²) in [5.74, 6) is 0.255. The Morgan fingerprint density at radius 3 is 2.12 bits per heavy atom. The van der Waals surface area contributed by atoms with Gasteiger partial charge in [-0.3, -0.25) is 13.9 Å². The van der Waals surface area contributed by atoms with Crippen molar-refractivity contribution in [1.82, 2.24) is 10.2 Å². The van der Waals surface area contributed by atoms with Gasteiger partial charge in [0.15, 0.2) is 0 Å². The molecule has 2 amide bonds. The van der Waals surface area contributed by atoms with Crippen LogP contribution in [0.2, 0.25) is 10.0 Å². The van der Waals surface area contributed by atoms with Crippen LogP contribution in [0.4, 0.5) is 5.69 Å². The molecule has 3 aromatic rings. The van der Waals surface area contributed by atoms with E-state index >= 15 is 0 Å². The van der Waals surface area contributed by atoms with Crippen molar-refractivity contribution in [2.75, 3.05) is 17.1 Å². The third kappa shape index (κ3) is 9.11. The largest absolute Gasteiger partial charge is 0.457 e. The first-order chi connectivity index (χ1) is 19.4. The minimum absolute atomic E-state index is 0.0112. The van der Waals surface area contributed by atoms with Crippen LogP contribution in [0.3, 0.4) is 0 Å². The van der Waals surface area contributed by atoms with Crippen molar-refractivity contribution in [3.63, 3.8) is 0 Å².